The summed E-state index contributed by atoms with van der Waals surface area (Å²) < 4.78 is 24.4. The zero-order chi connectivity index (χ0) is 19.5. The molecular weight excluding hydrogens is 347 g/mol. The van der Waals surface area contributed by atoms with E-state index in [1.807, 2.05) is 26.2 Å². The number of hydrogen-bond acceptors (Lipinski definition) is 4. The molecule has 0 spiro atoms. The number of aliphatic imine (C=N–C) groups is 1. The average Bonchev–Trinajstić information content (AvgIpc) is 3.17. The average molecular weight is 381 g/mol. The fraction of sp³-hybridized carbons (Fsp3) is 0.650. The maximum Gasteiger partial charge on any atom is 0.191 e. The van der Waals surface area contributed by atoms with Gasteiger partial charge in [-0.3, -0.25) is 4.99 Å². The van der Waals surface area contributed by atoms with Crippen LogP contribution in [0.1, 0.15) is 30.9 Å². The molecule has 152 valence electrons. The second-order valence-electron chi connectivity index (χ2n) is 6.97. The summed E-state index contributed by atoms with van der Waals surface area (Å²) in [5.41, 5.74) is 1.06. The van der Waals surface area contributed by atoms with E-state index in [1.165, 1.54) is 12.1 Å². The molecule has 1 aliphatic heterocycles. The first-order valence-corrected chi connectivity index (χ1v) is 9.66. The zero-order valence-corrected chi connectivity index (χ0v) is 16.7. The van der Waals surface area contributed by atoms with Gasteiger partial charge in [-0.25, -0.2) is 4.39 Å². The van der Waals surface area contributed by atoms with Crippen molar-refractivity contribution in [2.75, 3.05) is 54.1 Å². The van der Waals surface area contributed by atoms with Crippen molar-refractivity contribution in [2.24, 2.45) is 4.99 Å². The summed E-state index contributed by atoms with van der Waals surface area (Å²) in [6.07, 6.45) is 3.43. The van der Waals surface area contributed by atoms with Crippen molar-refractivity contribution < 1.29 is 13.9 Å². The van der Waals surface area contributed by atoms with Crippen molar-refractivity contribution in [1.29, 1.82) is 0 Å². The normalized spacial score (nSPS) is 18.7. The van der Waals surface area contributed by atoms with Gasteiger partial charge in [0.25, 0.3) is 0 Å². The smallest absolute Gasteiger partial charge is 0.191 e. The molecule has 0 aromatic heterocycles. The van der Waals surface area contributed by atoms with Crippen molar-refractivity contribution in [3.8, 4) is 0 Å². The quantitative estimate of drug-likeness (QED) is 0.370. The van der Waals surface area contributed by atoms with E-state index in [1.54, 1.807) is 7.05 Å². The van der Waals surface area contributed by atoms with Gasteiger partial charge < -0.3 is 25.0 Å². The number of halogens is 1. The highest BCUT2D eigenvalue weighted by atomic mass is 19.1. The van der Waals surface area contributed by atoms with Crippen molar-refractivity contribution in [3.05, 3.63) is 35.6 Å². The predicted molar refractivity (Wildman–Crippen MR) is 107 cm³/mol. The number of benzene rings is 1. The molecule has 6 nitrogen and oxygen atoms in total. The lowest BCUT2D eigenvalue weighted by Gasteiger charge is -2.26. The van der Waals surface area contributed by atoms with Gasteiger partial charge >= 0.3 is 0 Å². The van der Waals surface area contributed by atoms with Crippen LogP contribution in [0.4, 0.5) is 4.39 Å². The van der Waals surface area contributed by atoms with E-state index in [9.17, 15) is 4.39 Å². The Morgan fingerprint density at radius 2 is 2.11 bits per heavy atom. The van der Waals surface area contributed by atoms with Crippen LogP contribution < -0.4 is 10.6 Å². The number of guanidine groups is 1. The summed E-state index contributed by atoms with van der Waals surface area (Å²) in [7, 11) is 5.78. The summed E-state index contributed by atoms with van der Waals surface area (Å²) in [5, 5.41) is 6.64. The third-order valence-electron chi connectivity index (χ3n) is 4.65. The fourth-order valence-corrected chi connectivity index (χ4v) is 3.07. The maximum atomic E-state index is 13.2. The SMILES string of the molecule is CN=C(NCCCOCC1CCCO1)NCC(c1ccc(F)cc1)N(C)C. The van der Waals surface area contributed by atoms with Gasteiger partial charge in [-0.05, 0) is 51.1 Å². The topological polar surface area (TPSA) is 58.1 Å². The predicted octanol–water partition coefficient (Wildman–Crippen LogP) is 2.18. The van der Waals surface area contributed by atoms with Crippen molar-refractivity contribution in [3.63, 3.8) is 0 Å². The van der Waals surface area contributed by atoms with E-state index in [-0.39, 0.29) is 18.0 Å². The Morgan fingerprint density at radius 1 is 1.33 bits per heavy atom. The highest BCUT2D eigenvalue weighted by Crippen LogP contribution is 2.17. The Bertz CT molecular complexity index is 560. The Balaban J connectivity index is 1.66. The molecule has 0 aliphatic carbocycles. The highest BCUT2D eigenvalue weighted by molar-refractivity contribution is 5.79. The molecule has 1 heterocycles. The van der Waals surface area contributed by atoms with E-state index < -0.39 is 0 Å². The molecule has 2 N–H and O–H groups in total. The summed E-state index contributed by atoms with van der Waals surface area (Å²) in [4.78, 5) is 6.37. The van der Waals surface area contributed by atoms with Gasteiger partial charge in [0.15, 0.2) is 5.96 Å². The van der Waals surface area contributed by atoms with Crippen LogP contribution in [0, 0.1) is 5.82 Å². The highest BCUT2D eigenvalue weighted by Gasteiger charge is 2.16. The van der Waals surface area contributed by atoms with Crippen LogP contribution in [0.15, 0.2) is 29.3 Å². The molecule has 0 bridgehead atoms. The molecule has 0 saturated carbocycles. The molecule has 1 saturated heterocycles. The lowest BCUT2D eigenvalue weighted by atomic mass is 10.1. The number of hydrogen-bond donors (Lipinski definition) is 2. The van der Waals surface area contributed by atoms with E-state index in [0.717, 1.165) is 43.9 Å². The van der Waals surface area contributed by atoms with Crippen LogP contribution in [0.25, 0.3) is 0 Å². The minimum absolute atomic E-state index is 0.124. The summed E-state index contributed by atoms with van der Waals surface area (Å²) in [6, 6.07) is 6.76. The molecule has 1 aliphatic rings. The molecule has 27 heavy (non-hydrogen) atoms. The largest absolute Gasteiger partial charge is 0.379 e. The van der Waals surface area contributed by atoms with Crippen LogP contribution >= 0.6 is 0 Å². The van der Waals surface area contributed by atoms with Gasteiger partial charge in [0.2, 0.25) is 0 Å². The van der Waals surface area contributed by atoms with E-state index in [2.05, 4.69) is 20.5 Å². The Morgan fingerprint density at radius 3 is 2.74 bits per heavy atom. The van der Waals surface area contributed by atoms with E-state index >= 15 is 0 Å². The minimum Gasteiger partial charge on any atom is -0.379 e. The van der Waals surface area contributed by atoms with Crippen LogP contribution in [-0.2, 0) is 9.47 Å². The molecule has 1 aromatic carbocycles. The molecule has 0 amide bonds. The number of nitrogens with zero attached hydrogens (tertiary/aromatic N) is 2. The lowest BCUT2D eigenvalue weighted by Crippen LogP contribution is -2.42. The van der Waals surface area contributed by atoms with Gasteiger partial charge in [-0.15, -0.1) is 0 Å². The molecule has 1 aromatic rings. The first-order valence-electron chi connectivity index (χ1n) is 9.66. The van der Waals surface area contributed by atoms with Crippen LogP contribution in [-0.4, -0.2) is 71.0 Å². The molecule has 0 radical (unpaired) electrons. The van der Waals surface area contributed by atoms with Crippen LogP contribution in [0.3, 0.4) is 0 Å². The third kappa shape index (κ3) is 7.82. The van der Waals surface area contributed by atoms with Gasteiger partial charge in [0.05, 0.1) is 18.8 Å². The fourth-order valence-electron chi connectivity index (χ4n) is 3.07. The van der Waals surface area contributed by atoms with Crippen molar-refractivity contribution >= 4 is 5.96 Å². The first kappa shape index (κ1) is 21.6. The number of ether oxygens (including phenoxy) is 2. The number of nitrogens with one attached hydrogen (secondary N) is 2. The maximum absolute atomic E-state index is 13.2. The molecule has 2 unspecified atom stereocenters. The van der Waals surface area contributed by atoms with E-state index in [0.29, 0.717) is 19.8 Å². The second kappa shape index (κ2) is 11.9. The summed E-state index contributed by atoms with van der Waals surface area (Å²) >= 11 is 0. The van der Waals surface area contributed by atoms with Crippen molar-refractivity contribution in [1.82, 2.24) is 15.5 Å². The van der Waals surface area contributed by atoms with Crippen molar-refractivity contribution in [2.45, 2.75) is 31.4 Å². The summed E-state index contributed by atoms with van der Waals surface area (Å²) in [6.45, 7) is 3.72. The minimum atomic E-state index is -0.219. The monoisotopic (exact) mass is 380 g/mol. The number of rotatable bonds is 10. The van der Waals surface area contributed by atoms with E-state index in [4.69, 9.17) is 9.47 Å². The summed E-state index contributed by atoms with van der Waals surface area (Å²) in [5.74, 6) is 0.534. The van der Waals surface area contributed by atoms with Gasteiger partial charge in [-0.1, -0.05) is 12.1 Å². The third-order valence-corrected chi connectivity index (χ3v) is 4.65. The first-order chi connectivity index (χ1) is 13.1. The van der Waals surface area contributed by atoms with Gasteiger partial charge in [-0.2, -0.15) is 0 Å². The molecule has 2 atom stereocenters. The van der Waals surface area contributed by atoms with Gasteiger partial charge in [0.1, 0.15) is 5.82 Å². The zero-order valence-electron chi connectivity index (χ0n) is 16.7. The molecule has 2 rings (SSSR count). The molecule has 1 fully saturated rings. The van der Waals surface area contributed by atoms with Crippen LogP contribution in [0.5, 0.6) is 0 Å². The lowest BCUT2D eigenvalue weighted by molar-refractivity contribution is 0.0168. The second-order valence-corrected chi connectivity index (χ2v) is 6.97. The standard InChI is InChI=1S/C20H33FN4O2/c1-22-20(23-11-5-12-26-15-18-6-4-13-27-18)24-14-19(25(2)3)16-7-9-17(21)10-8-16/h7-10,18-19H,4-6,11-15H2,1-3H3,(H2,22,23,24). The Hall–Kier alpha value is -1.70. The number of likely N-dealkylation sites (N-methyl/N-ethyl adjacent to an activating group) is 1. The Labute approximate surface area is 162 Å². The van der Waals surface area contributed by atoms with Gasteiger partial charge in [0, 0.05) is 33.4 Å². The van der Waals surface area contributed by atoms with Crippen LogP contribution in [0.2, 0.25) is 0 Å². The Kier molecular flexibility index (Phi) is 9.52. The molecular formula is C20H33FN4O2. The molecule has 7 heteroatoms.